The number of amides is 1. The van der Waals surface area contributed by atoms with Crippen LogP contribution in [-0.2, 0) is 11.3 Å². The molecule has 5 heteroatoms. The number of carbonyl (C=O) groups excluding carboxylic acids is 1. The number of pyridine rings is 1. The van der Waals surface area contributed by atoms with E-state index in [9.17, 15) is 9.59 Å². The van der Waals surface area contributed by atoms with E-state index in [0.717, 1.165) is 22.2 Å². The summed E-state index contributed by atoms with van der Waals surface area (Å²) >= 11 is 6.00. The van der Waals surface area contributed by atoms with E-state index in [-0.39, 0.29) is 17.9 Å². The summed E-state index contributed by atoms with van der Waals surface area (Å²) in [4.78, 5) is 24.7. The van der Waals surface area contributed by atoms with Crippen molar-refractivity contribution in [1.29, 1.82) is 0 Å². The van der Waals surface area contributed by atoms with E-state index in [1.165, 1.54) is 6.07 Å². The standard InChI is InChI=1S/C20H19ClN2O2/c1-12-8-14(3)20-17(9-12)23(7-6-18(20)24)11-19(25)22-16-10-15(21)5-4-13(16)2/h4-10H,11H2,1-3H3,(H,22,25). The number of hydrogen-bond acceptors (Lipinski definition) is 2. The maximum Gasteiger partial charge on any atom is 0.244 e. The van der Waals surface area contributed by atoms with Gasteiger partial charge in [0, 0.05) is 28.4 Å². The molecule has 0 aliphatic carbocycles. The molecule has 0 unspecified atom stereocenters. The Kier molecular flexibility index (Phi) is 4.64. The average Bonchev–Trinajstić information content (AvgIpc) is 2.53. The summed E-state index contributed by atoms with van der Waals surface area (Å²) in [6, 6.07) is 10.8. The van der Waals surface area contributed by atoms with Gasteiger partial charge in [-0.1, -0.05) is 23.7 Å². The fraction of sp³-hybridized carbons (Fsp3) is 0.200. The quantitative estimate of drug-likeness (QED) is 0.765. The first-order valence-corrected chi connectivity index (χ1v) is 8.39. The lowest BCUT2D eigenvalue weighted by molar-refractivity contribution is -0.116. The Morgan fingerprint density at radius 2 is 1.84 bits per heavy atom. The molecule has 3 aromatic rings. The van der Waals surface area contributed by atoms with E-state index < -0.39 is 0 Å². The van der Waals surface area contributed by atoms with Gasteiger partial charge < -0.3 is 9.88 Å². The van der Waals surface area contributed by atoms with Gasteiger partial charge in [-0.2, -0.15) is 0 Å². The van der Waals surface area contributed by atoms with Crippen LogP contribution < -0.4 is 10.7 Å². The zero-order valence-electron chi connectivity index (χ0n) is 14.4. The lowest BCUT2D eigenvalue weighted by Gasteiger charge is -2.14. The summed E-state index contributed by atoms with van der Waals surface area (Å²) in [5.74, 6) is -0.172. The molecule has 0 atom stereocenters. The van der Waals surface area contributed by atoms with Crippen molar-refractivity contribution in [2.45, 2.75) is 27.3 Å². The van der Waals surface area contributed by atoms with Crippen molar-refractivity contribution in [2.75, 3.05) is 5.32 Å². The Morgan fingerprint density at radius 1 is 1.08 bits per heavy atom. The summed E-state index contributed by atoms with van der Waals surface area (Å²) in [6.07, 6.45) is 1.66. The van der Waals surface area contributed by atoms with Crippen LogP contribution >= 0.6 is 11.6 Å². The maximum atomic E-state index is 12.5. The minimum Gasteiger partial charge on any atom is -0.338 e. The van der Waals surface area contributed by atoms with Crippen LogP contribution in [0.2, 0.25) is 5.02 Å². The minimum absolute atomic E-state index is 0.0326. The number of rotatable bonds is 3. The molecule has 1 aromatic heterocycles. The highest BCUT2D eigenvalue weighted by Gasteiger charge is 2.11. The SMILES string of the molecule is Cc1cc(C)c2c(=O)ccn(CC(=O)Nc3cc(Cl)ccc3C)c2c1. The number of anilines is 1. The highest BCUT2D eigenvalue weighted by Crippen LogP contribution is 2.21. The third-order valence-electron chi connectivity index (χ3n) is 4.21. The molecular weight excluding hydrogens is 336 g/mol. The Morgan fingerprint density at radius 3 is 2.60 bits per heavy atom. The molecule has 0 fully saturated rings. The van der Waals surface area contributed by atoms with Crippen LogP contribution in [0.4, 0.5) is 5.69 Å². The Labute approximate surface area is 151 Å². The topological polar surface area (TPSA) is 51.1 Å². The first-order chi connectivity index (χ1) is 11.8. The largest absolute Gasteiger partial charge is 0.338 e. The minimum atomic E-state index is -0.172. The highest BCUT2D eigenvalue weighted by molar-refractivity contribution is 6.31. The molecule has 1 heterocycles. The normalized spacial score (nSPS) is 10.9. The number of nitrogens with zero attached hydrogens (tertiary/aromatic N) is 1. The lowest BCUT2D eigenvalue weighted by atomic mass is 10.1. The predicted octanol–water partition coefficient (Wildman–Crippen LogP) is 4.22. The van der Waals surface area contributed by atoms with Crippen LogP contribution in [0.25, 0.3) is 10.9 Å². The van der Waals surface area contributed by atoms with Gasteiger partial charge in [0.2, 0.25) is 5.91 Å². The highest BCUT2D eigenvalue weighted by atomic mass is 35.5. The van der Waals surface area contributed by atoms with Crippen LogP contribution in [0.5, 0.6) is 0 Å². The molecule has 128 valence electrons. The average molecular weight is 355 g/mol. The Balaban J connectivity index is 1.95. The number of hydrogen-bond donors (Lipinski definition) is 1. The van der Waals surface area contributed by atoms with Crippen molar-refractivity contribution < 1.29 is 4.79 Å². The number of aryl methyl sites for hydroxylation is 3. The van der Waals surface area contributed by atoms with Gasteiger partial charge in [-0.3, -0.25) is 9.59 Å². The smallest absolute Gasteiger partial charge is 0.244 e. The first-order valence-electron chi connectivity index (χ1n) is 8.01. The zero-order chi connectivity index (χ0) is 18.1. The van der Waals surface area contributed by atoms with Crippen LogP contribution in [-0.4, -0.2) is 10.5 Å². The molecule has 0 saturated carbocycles. The molecule has 0 aliphatic heterocycles. The van der Waals surface area contributed by atoms with Crippen LogP contribution in [0.1, 0.15) is 16.7 Å². The van der Waals surface area contributed by atoms with E-state index in [2.05, 4.69) is 5.32 Å². The Hall–Kier alpha value is -2.59. The number of halogens is 1. The number of benzene rings is 2. The molecule has 3 rings (SSSR count). The molecule has 0 saturated heterocycles. The van der Waals surface area contributed by atoms with Gasteiger partial charge in [0.05, 0.1) is 5.52 Å². The van der Waals surface area contributed by atoms with Crippen molar-refractivity contribution in [3.05, 3.63) is 74.5 Å². The molecule has 0 radical (unpaired) electrons. The third kappa shape index (κ3) is 3.59. The summed E-state index contributed by atoms with van der Waals surface area (Å²) in [5.41, 5.74) is 4.33. The van der Waals surface area contributed by atoms with Crippen LogP contribution in [0, 0.1) is 20.8 Å². The molecule has 4 nitrogen and oxygen atoms in total. The molecule has 1 amide bonds. The van der Waals surface area contributed by atoms with E-state index in [1.54, 1.807) is 22.9 Å². The van der Waals surface area contributed by atoms with Gasteiger partial charge in [-0.05, 0) is 55.7 Å². The van der Waals surface area contributed by atoms with Crippen LogP contribution in [0.15, 0.2) is 47.4 Å². The number of aromatic nitrogens is 1. The first kappa shape index (κ1) is 17.2. The van der Waals surface area contributed by atoms with Crippen molar-refractivity contribution in [3.63, 3.8) is 0 Å². The van der Waals surface area contributed by atoms with Gasteiger partial charge in [0.1, 0.15) is 6.54 Å². The van der Waals surface area contributed by atoms with Crippen LogP contribution in [0.3, 0.4) is 0 Å². The molecule has 1 N–H and O–H groups in total. The van der Waals surface area contributed by atoms with E-state index >= 15 is 0 Å². The number of fused-ring (bicyclic) bond motifs is 1. The zero-order valence-corrected chi connectivity index (χ0v) is 15.1. The van der Waals surface area contributed by atoms with Crippen molar-refractivity contribution in [2.24, 2.45) is 0 Å². The summed E-state index contributed by atoms with van der Waals surface area (Å²) in [5, 5.41) is 4.11. The summed E-state index contributed by atoms with van der Waals surface area (Å²) in [6.45, 7) is 5.92. The van der Waals surface area contributed by atoms with Gasteiger partial charge in [-0.15, -0.1) is 0 Å². The van der Waals surface area contributed by atoms with Gasteiger partial charge in [0.25, 0.3) is 0 Å². The van der Waals surface area contributed by atoms with E-state index in [4.69, 9.17) is 11.6 Å². The number of nitrogens with one attached hydrogen (secondary N) is 1. The molecule has 0 bridgehead atoms. The van der Waals surface area contributed by atoms with E-state index in [1.807, 2.05) is 39.0 Å². The molecule has 2 aromatic carbocycles. The van der Waals surface area contributed by atoms with Crippen molar-refractivity contribution in [3.8, 4) is 0 Å². The fourth-order valence-corrected chi connectivity index (χ4v) is 3.20. The van der Waals surface area contributed by atoms with Gasteiger partial charge in [-0.25, -0.2) is 0 Å². The lowest BCUT2D eigenvalue weighted by Crippen LogP contribution is -2.21. The molecule has 0 spiro atoms. The Bertz CT molecular complexity index is 1040. The second-order valence-corrected chi connectivity index (χ2v) is 6.73. The van der Waals surface area contributed by atoms with Crippen molar-refractivity contribution >= 4 is 34.1 Å². The molecular formula is C20H19ClN2O2. The molecule has 0 aliphatic rings. The van der Waals surface area contributed by atoms with Gasteiger partial charge >= 0.3 is 0 Å². The third-order valence-corrected chi connectivity index (χ3v) is 4.44. The summed E-state index contributed by atoms with van der Waals surface area (Å²) < 4.78 is 1.80. The van der Waals surface area contributed by atoms with Crippen molar-refractivity contribution in [1.82, 2.24) is 4.57 Å². The number of carbonyl (C=O) groups is 1. The van der Waals surface area contributed by atoms with Gasteiger partial charge in [0.15, 0.2) is 5.43 Å². The van der Waals surface area contributed by atoms with E-state index in [0.29, 0.717) is 16.1 Å². The fourth-order valence-electron chi connectivity index (χ4n) is 3.02. The monoisotopic (exact) mass is 354 g/mol. The predicted molar refractivity (Wildman–Crippen MR) is 103 cm³/mol. The second-order valence-electron chi connectivity index (χ2n) is 6.29. The second kappa shape index (κ2) is 6.73. The molecule has 25 heavy (non-hydrogen) atoms. The maximum absolute atomic E-state index is 12.5. The summed E-state index contributed by atoms with van der Waals surface area (Å²) in [7, 11) is 0.